The smallest absolute Gasteiger partial charge is 0.192 e. The lowest BCUT2D eigenvalue weighted by molar-refractivity contribution is 0.0668. The zero-order valence-corrected chi connectivity index (χ0v) is 18.0. The molecule has 2 rings (SSSR count). The van der Waals surface area contributed by atoms with Crippen LogP contribution in [-0.4, -0.2) is 20.5 Å². The first-order valence-corrected chi connectivity index (χ1v) is 12.5. The lowest BCUT2D eigenvalue weighted by Crippen LogP contribution is -2.47. The molecule has 0 saturated carbocycles. The average Bonchev–Trinajstić information content (AvgIpc) is 2.74. The van der Waals surface area contributed by atoms with Gasteiger partial charge in [-0.15, -0.1) is 0 Å². The molecule has 0 aromatic heterocycles. The van der Waals surface area contributed by atoms with Gasteiger partial charge in [0.2, 0.25) is 0 Å². The molecule has 0 N–H and O–H groups in total. The van der Waals surface area contributed by atoms with Crippen LogP contribution >= 0.6 is 0 Å². The summed E-state index contributed by atoms with van der Waals surface area (Å²) >= 11 is 0. The van der Waals surface area contributed by atoms with E-state index in [9.17, 15) is 4.39 Å². The van der Waals surface area contributed by atoms with Gasteiger partial charge in [0, 0.05) is 5.56 Å². The molecule has 0 bridgehead atoms. The molecule has 26 heavy (non-hydrogen) atoms. The summed E-state index contributed by atoms with van der Waals surface area (Å²) in [5, 5.41) is 0.152. The molecule has 1 aromatic carbocycles. The van der Waals surface area contributed by atoms with Crippen LogP contribution in [0.5, 0.6) is 5.75 Å². The normalized spacial score (nSPS) is 21.8. The molecule has 0 radical (unpaired) electrons. The lowest BCUT2D eigenvalue weighted by atomic mass is 10.1. The van der Waals surface area contributed by atoms with Gasteiger partial charge >= 0.3 is 0 Å². The van der Waals surface area contributed by atoms with Crippen LogP contribution in [0.2, 0.25) is 18.1 Å². The van der Waals surface area contributed by atoms with E-state index in [2.05, 4.69) is 46.0 Å². The second-order valence-corrected chi connectivity index (χ2v) is 13.3. The van der Waals surface area contributed by atoms with Crippen molar-refractivity contribution >= 4 is 14.4 Å². The van der Waals surface area contributed by atoms with E-state index < -0.39 is 8.32 Å². The number of ether oxygens (including phenoxy) is 1. The van der Waals surface area contributed by atoms with Crippen LogP contribution in [0.4, 0.5) is 4.39 Å². The number of allylic oxidation sites excluding steroid dienone is 2. The van der Waals surface area contributed by atoms with Crippen LogP contribution < -0.4 is 4.74 Å². The first-order chi connectivity index (χ1) is 12.1. The highest BCUT2D eigenvalue weighted by Crippen LogP contribution is 2.39. The van der Waals surface area contributed by atoms with E-state index >= 15 is 0 Å². The first-order valence-electron chi connectivity index (χ1n) is 9.57. The Morgan fingerprint density at radius 2 is 1.96 bits per heavy atom. The molecule has 0 spiro atoms. The molecule has 0 heterocycles. The Morgan fingerprint density at radius 1 is 1.23 bits per heavy atom. The van der Waals surface area contributed by atoms with Gasteiger partial charge < -0.3 is 9.16 Å². The van der Waals surface area contributed by atoms with Crippen LogP contribution in [0.3, 0.4) is 0 Å². The van der Waals surface area contributed by atoms with Gasteiger partial charge in [-0.05, 0) is 68.6 Å². The van der Waals surface area contributed by atoms with E-state index in [0.717, 1.165) is 24.8 Å². The minimum atomic E-state index is -1.90. The fourth-order valence-electron chi connectivity index (χ4n) is 2.83. The Bertz CT molecular complexity index is 659. The third kappa shape index (κ3) is 5.30. The van der Waals surface area contributed by atoms with Crippen molar-refractivity contribution in [2.75, 3.05) is 0 Å². The molecule has 1 aliphatic carbocycles. The minimum Gasteiger partial charge on any atom is -0.483 e. The topological polar surface area (TPSA) is 18.5 Å². The summed E-state index contributed by atoms with van der Waals surface area (Å²) in [5.74, 6) is 0.445. The molecule has 0 aliphatic heterocycles. The Hall–Kier alpha value is -1.39. The van der Waals surface area contributed by atoms with Gasteiger partial charge in [0.25, 0.3) is 0 Å². The van der Waals surface area contributed by atoms with Crippen molar-refractivity contribution in [1.29, 1.82) is 0 Å². The highest BCUT2D eigenvalue weighted by Gasteiger charge is 2.41. The predicted octanol–water partition coefficient (Wildman–Crippen LogP) is 6.74. The van der Waals surface area contributed by atoms with E-state index in [-0.39, 0.29) is 23.1 Å². The fraction of sp³-hybridized carbons (Fsp3) is 0.545. The van der Waals surface area contributed by atoms with Crippen molar-refractivity contribution in [3.63, 3.8) is 0 Å². The molecule has 4 heteroatoms. The van der Waals surface area contributed by atoms with E-state index in [1.54, 1.807) is 6.07 Å². The summed E-state index contributed by atoms with van der Waals surface area (Å²) in [5.41, 5.74) is 0.760. The SMILES string of the molecule is C/C=C\c1cc(F)ccc1OC1C=CCCC[C@H]1O[Si](C)(C)C(C)(C)C. The minimum absolute atomic E-state index is 0.0261. The third-order valence-electron chi connectivity index (χ3n) is 5.38. The molecular formula is C22H33FO2Si. The van der Waals surface area contributed by atoms with Crippen LogP contribution in [0.15, 0.2) is 36.4 Å². The first kappa shape index (κ1) is 20.9. The lowest BCUT2D eigenvalue weighted by Gasteiger charge is -2.40. The van der Waals surface area contributed by atoms with Crippen molar-refractivity contribution in [2.24, 2.45) is 0 Å². The van der Waals surface area contributed by atoms with Crippen LogP contribution in [0.25, 0.3) is 6.08 Å². The fourth-order valence-corrected chi connectivity index (χ4v) is 4.20. The van der Waals surface area contributed by atoms with Crippen molar-refractivity contribution in [3.05, 3.63) is 47.8 Å². The quantitative estimate of drug-likeness (QED) is 0.418. The average molecular weight is 377 g/mol. The zero-order chi connectivity index (χ0) is 19.4. The summed E-state index contributed by atoms with van der Waals surface area (Å²) < 4.78 is 26.7. The number of halogens is 1. The highest BCUT2D eigenvalue weighted by molar-refractivity contribution is 6.74. The molecule has 1 aliphatic rings. The second-order valence-electron chi connectivity index (χ2n) is 8.54. The maximum absolute atomic E-state index is 13.6. The van der Waals surface area contributed by atoms with E-state index in [0.29, 0.717) is 5.75 Å². The van der Waals surface area contributed by atoms with Gasteiger partial charge in [-0.1, -0.05) is 39.0 Å². The van der Waals surface area contributed by atoms with Gasteiger partial charge in [-0.25, -0.2) is 4.39 Å². The summed E-state index contributed by atoms with van der Waals surface area (Å²) in [6.45, 7) is 13.2. The van der Waals surface area contributed by atoms with Gasteiger partial charge in [0.05, 0.1) is 6.10 Å². The van der Waals surface area contributed by atoms with E-state index in [4.69, 9.17) is 9.16 Å². The molecule has 1 unspecified atom stereocenters. The van der Waals surface area contributed by atoms with Crippen molar-refractivity contribution in [1.82, 2.24) is 0 Å². The predicted molar refractivity (Wildman–Crippen MR) is 111 cm³/mol. The Morgan fingerprint density at radius 3 is 2.62 bits per heavy atom. The number of rotatable bonds is 5. The standard InChI is InChI=1S/C22H33FO2Si/c1-7-11-17-16-18(23)14-15-19(17)24-20-12-9-8-10-13-21(20)25-26(5,6)22(2,3)4/h7,9,11-12,14-16,20-21H,8,10,13H2,1-6H3/b11-7-/t20?,21-/m1/s1. The van der Waals surface area contributed by atoms with Gasteiger partial charge in [0.15, 0.2) is 8.32 Å². The number of benzene rings is 1. The summed E-state index contributed by atoms with van der Waals surface area (Å²) in [4.78, 5) is 0. The van der Waals surface area contributed by atoms with Gasteiger partial charge in [-0.2, -0.15) is 0 Å². The molecule has 1 aromatic rings. The summed E-state index contributed by atoms with van der Waals surface area (Å²) in [6, 6.07) is 4.68. The Balaban J connectivity index is 2.27. The molecule has 0 fully saturated rings. The zero-order valence-electron chi connectivity index (χ0n) is 17.0. The second kappa shape index (κ2) is 8.53. The van der Waals surface area contributed by atoms with E-state index in [1.807, 2.05) is 19.1 Å². The van der Waals surface area contributed by atoms with Gasteiger partial charge in [-0.3, -0.25) is 0 Å². The van der Waals surface area contributed by atoms with Crippen molar-refractivity contribution in [2.45, 2.75) is 77.3 Å². The van der Waals surface area contributed by atoms with Crippen molar-refractivity contribution in [3.8, 4) is 5.75 Å². The molecule has 0 saturated heterocycles. The Labute approximate surface area is 159 Å². The van der Waals surface area contributed by atoms with E-state index in [1.165, 1.54) is 12.1 Å². The van der Waals surface area contributed by atoms with Crippen molar-refractivity contribution < 1.29 is 13.6 Å². The summed E-state index contributed by atoms with van der Waals surface area (Å²) in [6.07, 6.45) is 11.1. The maximum atomic E-state index is 13.6. The molecule has 2 nitrogen and oxygen atoms in total. The molecule has 2 atom stereocenters. The van der Waals surface area contributed by atoms with Crippen LogP contribution in [-0.2, 0) is 4.43 Å². The summed E-state index contributed by atoms with van der Waals surface area (Å²) in [7, 11) is -1.90. The van der Waals surface area contributed by atoms with Crippen LogP contribution in [0, 0.1) is 5.82 Å². The molecule has 144 valence electrons. The maximum Gasteiger partial charge on any atom is 0.192 e. The third-order valence-corrected chi connectivity index (χ3v) is 9.89. The Kier molecular flexibility index (Phi) is 6.86. The monoisotopic (exact) mass is 376 g/mol. The number of hydrogen-bond acceptors (Lipinski definition) is 2. The molecular weight excluding hydrogens is 343 g/mol. The molecule has 0 amide bonds. The van der Waals surface area contributed by atoms with Crippen LogP contribution in [0.1, 0.15) is 52.5 Å². The highest BCUT2D eigenvalue weighted by atomic mass is 28.4. The number of hydrogen-bond donors (Lipinski definition) is 0. The largest absolute Gasteiger partial charge is 0.483 e. The van der Waals surface area contributed by atoms with Gasteiger partial charge in [0.1, 0.15) is 17.7 Å².